The Morgan fingerprint density at radius 2 is 1.91 bits per heavy atom. The summed E-state index contributed by atoms with van der Waals surface area (Å²) in [6.45, 7) is 2.54. The number of amides is 1. The van der Waals surface area contributed by atoms with Crippen molar-refractivity contribution in [1.82, 2.24) is 9.62 Å². The Bertz CT molecular complexity index is 614. The molecule has 1 aliphatic rings. The fourth-order valence-corrected chi connectivity index (χ4v) is 3.56. The molecule has 1 saturated heterocycles. The van der Waals surface area contributed by atoms with Gasteiger partial charge in [0.15, 0.2) is 0 Å². The molecule has 2 rings (SSSR count). The van der Waals surface area contributed by atoms with Crippen molar-refractivity contribution in [3.63, 3.8) is 0 Å². The molecule has 1 fully saturated rings. The first-order valence-corrected chi connectivity index (χ1v) is 8.68. The Kier molecular flexibility index (Phi) is 6.65. The minimum absolute atomic E-state index is 0. The van der Waals surface area contributed by atoms with Crippen LogP contribution in [0.2, 0.25) is 0 Å². The van der Waals surface area contributed by atoms with Gasteiger partial charge in [0.2, 0.25) is 10.0 Å². The molecule has 0 saturated carbocycles. The number of nitrogens with two attached hydrogens (primary N) is 1. The quantitative estimate of drug-likeness (QED) is 0.801. The van der Waals surface area contributed by atoms with Gasteiger partial charge in [-0.05, 0) is 31.9 Å². The lowest BCUT2D eigenvalue weighted by molar-refractivity contribution is 0.0925. The van der Waals surface area contributed by atoms with Crippen LogP contribution in [0.4, 0.5) is 5.69 Å². The number of rotatable bonds is 4. The highest BCUT2D eigenvalue weighted by Gasteiger charge is 2.27. The third-order valence-corrected chi connectivity index (χ3v) is 5.63. The van der Waals surface area contributed by atoms with Crippen LogP contribution in [0.15, 0.2) is 24.3 Å². The lowest BCUT2D eigenvalue weighted by atomic mass is 10.1. The Morgan fingerprint density at radius 3 is 2.45 bits per heavy atom. The predicted octanol–water partition coefficient (Wildman–Crippen LogP) is 1.23. The molecule has 0 aromatic heterocycles. The maximum absolute atomic E-state index is 12.1. The number of nitrogen functional groups attached to an aromatic ring is 1. The number of halogens is 1. The zero-order chi connectivity index (χ0) is 15.5. The number of carbonyl (C=O) groups is 1. The van der Waals surface area contributed by atoms with Crippen LogP contribution in [0.5, 0.6) is 0 Å². The highest BCUT2D eigenvalue weighted by Crippen LogP contribution is 2.16. The monoisotopic (exact) mass is 347 g/mol. The van der Waals surface area contributed by atoms with E-state index in [9.17, 15) is 13.2 Å². The second kappa shape index (κ2) is 7.80. The van der Waals surface area contributed by atoms with E-state index in [1.807, 2.05) is 0 Å². The zero-order valence-corrected chi connectivity index (χ0v) is 14.1. The summed E-state index contributed by atoms with van der Waals surface area (Å²) >= 11 is 0. The Morgan fingerprint density at radius 1 is 1.32 bits per heavy atom. The number of para-hydroxylation sites is 1. The maximum Gasteiger partial charge on any atom is 0.253 e. The normalized spacial score (nSPS) is 16.8. The molecular formula is C14H22ClN3O3S. The van der Waals surface area contributed by atoms with E-state index in [0.717, 1.165) is 0 Å². The molecule has 1 amide bonds. The summed E-state index contributed by atoms with van der Waals surface area (Å²) in [7, 11) is -3.13. The van der Waals surface area contributed by atoms with Gasteiger partial charge in [0.25, 0.3) is 5.91 Å². The van der Waals surface area contributed by atoms with Gasteiger partial charge in [-0.2, -0.15) is 0 Å². The fourth-order valence-electron chi connectivity index (χ4n) is 2.43. The third kappa shape index (κ3) is 4.34. The summed E-state index contributed by atoms with van der Waals surface area (Å²) in [6, 6.07) is 6.90. The van der Waals surface area contributed by atoms with E-state index in [4.69, 9.17) is 5.73 Å². The minimum Gasteiger partial charge on any atom is -0.398 e. The topological polar surface area (TPSA) is 92.5 Å². The van der Waals surface area contributed by atoms with Gasteiger partial charge in [-0.15, -0.1) is 12.4 Å². The van der Waals surface area contributed by atoms with E-state index in [-0.39, 0.29) is 30.1 Å². The van der Waals surface area contributed by atoms with E-state index in [1.54, 1.807) is 31.2 Å². The summed E-state index contributed by atoms with van der Waals surface area (Å²) in [4.78, 5) is 12.1. The second-order valence-corrected chi connectivity index (χ2v) is 7.39. The van der Waals surface area contributed by atoms with Gasteiger partial charge in [0, 0.05) is 24.8 Å². The maximum atomic E-state index is 12.1. The minimum atomic E-state index is -3.13. The van der Waals surface area contributed by atoms with Crippen LogP contribution >= 0.6 is 12.4 Å². The van der Waals surface area contributed by atoms with E-state index in [0.29, 0.717) is 37.2 Å². The number of piperidine rings is 1. The number of benzene rings is 1. The Balaban J connectivity index is 0.00000242. The summed E-state index contributed by atoms with van der Waals surface area (Å²) < 4.78 is 25.0. The Hall–Kier alpha value is -1.31. The van der Waals surface area contributed by atoms with Gasteiger partial charge in [-0.3, -0.25) is 4.79 Å². The summed E-state index contributed by atoms with van der Waals surface area (Å²) in [5, 5.41) is 2.93. The average Bonchev–Trinajstić information content (AvgIpc) is 2.48. The molecule has 124 valence electrons. The van der Waals surface area contributed by atoms with Crippen molar-refractivity contribution in [2.75, 3.05) is 24.6 Å². The smallest absolute Gasteiger partial charge is 0.253 e. The van der Waals surface area contributed by atoms with Crippen molar-refractivity contribution in [3.05, 3.63) is 29.8 Å². The third-order valence-electron chi connectivity index (χ3n) is 3.75. The summed E-state index contributed by atoms with van der Waals surface area (Å²) in [5.74, 6) is -0.0881. The summed E-state index contributed by atoms with van der Waals surface area (Å²) in [5.41, 5.74) is 6.68. The van der Waals surface area contributed by atoms with E-state index >= 15 is 0 Å². The van der Waals surface area contributed by atoms with Crippen LogP contribution in [-0.2, 0) is 10.0 Å². The lowest BCUT2D eigenvalue weighted by Gasteiger charge is -2.31. The van der Waals surface area contributed by atoms with Crippen molar-refractivity contribution in [1.29, 1.82) is 0 Å². The molecule has 1 aliphatic heterocycles. The molecule has 0 unspecified atom stereocenters. The SMILES string of the molecule is CCS(=O)(=O)N1CCC(NC(=O)c2ccccc2N)CC1.Cl. The first kappa shape index (κ1) is 18.7. The van der Waals surface area contributed by atoms with Gasteiger partial charge in [-0.25, -0.2) is 12.7 Å². The van der Waals surface area contributed by atoms with Crippen LogP contribution in [0.3, 0.4) is 0 Å². The molecule has 1 aromatic carbocycles. The second-order valence-electron chi connectivity index (χ2n) is 5.13. The number of nitrogens with one attached hydrogen (secondary N) is 1. The number of nitrogens with zero attached hydrogens (tertiary/aromatic N) is 1. The molecule has 1 aromatic rings. The predicted molar refractivity (Wildman–Crippen MR) is 89.6 cm³/mol. The van der Waals surface area contributed by atoms with Crippen molar-refractivity contribution < 1.29 is 13.2 Å². The molecule has 0 radical (unpaired) electrons. The molecule has 0 aliphatic carbocycles. The van der Waals surface area contributed by atoms with Gasteiger partial charge < -0.3 is 11.1 Å². The largest absolute Gasteiger partial charge is 0.398 e. The van der Waals surface area contributed by atoms with Crippen molar-refractivity contribution in [3.8, 4) is 0 Å². The highest BCUT2D eigenvalue weighted by molar-refractivity contribution is 7.89. The number of sulfonamides is 1. The molecule has 0 spiro atoms. The van der Waals surface area contributed by atoms with Crippen LogP contribution < -0.4 is 11.1 Å². The van der Waals surface area contributed by atoms with E-state index in [1.165, 1.54) is 4.31 Å². The molecule has 22 heavy (non-hydrogen) atoms. The van der Waals surface area contributed by atoms with Crippen LogP contribution in [0.25, 0.3) is 0 Å². The van der Waals surface area contributed by atoms with Gasteiger partial charge in [0.1, 0.15) is 0 Å². The summed E-state index contributed by atoms with van der Waals surface area (Å²) in [6.07, 6.45) is 1.25. The standard InChI is InChI=1S/C14H21N3O3S.ClH/c1-2-21(19,20)17-9-7-11(8-10-17)16-14(18)12-5-3-4-6-13(12)15;/h3-6,11H,2,7-10,15H2,1H3,(H,16,18);1H. The van der Waals surface area contributed by atoms with E-state index in [2.05, 4.69) is 5.32 Å². The van der Waals surface area contributed by atoms with E-state index < -0.39 is 10.0 Å². The number of carbonyl (C=O) groups excluding carboxylic acids is 1. The molecule has 6 nitrogen and oxygen atoms in total. The molecular weight excluding hydrogens is 326 g/mol. The molecule has 1 heterocycles. The first-order valence-electron chi connectivity index (χ1n) is 7.07. The van der Waals surface area contributed by atoms with Gasteiger partial charge >= 0.3 is 0 Å². The molecule has 0 bridgehead atoms. The van der Waals surface area contributed by atoms with Crippen LogP contribution in [-0.4, -0.2) is 43.5 Å². The number of hydrogen-bond donors (Lipinski definition) is 2. The average molecular weight is 348 g/mol. The van der Waals surface area contributed by atoms with Crippen molar-refractivity contribution in [2.45, 2.75) is 25.8 Å². The van der Waals surface area contributed by atoms with Gasteiger partial charge in [-0.1, -0.05) is 12.1 Å². The fraction of sp³-hybridized carbons (Fsp3) is 0.500. The van der Waals surface area contributed by atoms with Crippen LogP contribution in [0, 0.1) is 0 Å². The lowest BCUT2D eigenvalue weighted by Crippen LogP contribution is -2.46. The van der Waals surface area contributed by atoms with Gasteiger partial charge in [0.05, 0.1) is 11.3 Å². The van der Waals surface area contributed by atoms with Crippen molar-refractivity contribution in [2.24, 2.45) is 0 Å². The van der Waals surface area contributed by atoms with Crippen molar-refractivity contribution >= 4 is 34.0 Å². The molecule has 8 heteroatoms. The number of anilines is 1. The molecule has 3 N–H and O–H groups in total. The van der Waals surface area contributed by atoms with Crippen LogP contribution in [0.1, 0.15) is 30.1 Å². The highest BCUT2D eigenvalue weighted by atomic mass is 35.5. The zero-order valence-electron chi connectivity index (χ0n) is 12.5. The Labute approximate surface area is 137 Å². The number of hydrogen-bond acceptors (Lipinski definition) is 4. The first-order chi connectivity index (χ1) is 9.94. The molecule has 0 atom stereocenters.